The number of nitrogens with one attached hydrogen (secondary N) is 2. The third-order valence-electron chi connectivity index (χ3n) is 7.10. The Kier molecular flexibility index (Phi) is 18.3. The van der Waals surface area contributed by atoms with Crippen LogP contribution >= 0.6 is 94.1 Å². The first-order valence-corrected chi connectivity index (χ1v) is 25.8. The summed E-state index contributed by atoms with van der Waals surface area (Å²) in [5, 5.41) is 7.00. The van der Waals surface area contributed by atoms with Gasteiger partial charge in [-0.3, -0.25) is 0 Å². The summed E-state index contributed by atoms with van der Waals surface area (Å²) < 4.78 is 76.3. The van der Waals surface area contributed by atoms with E-state index in [-0.39, 0.29) is 0 Å². The van der Waals surface area contributed by atoms with Crippen molar-refractivity contribution in [3.05, 3.63) is 121 Å². The van der Waals surface area contributed by atoms with Gasteiger partial charge in [0, 0.05) is 53.9 Å². The number of rotatable bonds is 4. The van der Waals surface area contributed by atoms with Crippen LogP contribution in [0.2, 0.25) is 0 Å². The van der Waals surface area contributed by atoms with Crippen molar-refractivity contribution in [2.24, 2.45) is 0 Å². The summed E-state index contributed by atoms with van der Waals surface area (Å²) in [6.07, 6.45) is 16.3. The van der Waals surface area contributed by atoms with Gasteiger partial charge in [0.1, 0.15) is 11.4 Å². The molecule has 0 aromatic carbocycles. The second-order valence-electron chi connectivity index (χ2n) is 10.2. The smallest absolute Gasteiger partial charge is 0.238 e. The molecule has 4 aromatic heterocycles. The van der Waals surface area contributed by atoms with Gasteiger partial charge in [-0.15, -0.1) is 67.5 Å². The summed E-state index contributed by atoms with van der Waals surface area (Å²) >= 11 is 14.9. The van der Waals surface area contributed by atoms with Gasteiger partial charge in [-0.05, 0) is 49.3 Å². The summed E-state index contributed by atoms with van der Waals surface area (Å²) in [5.41, 5.74) is 12.0. The number of aromatic amines is 2. The molecule has 0 fully saturated rings. The van der Waals surface area contributed by atoms with E-state index in [1.165, 1.54) is 58.8 Å². The van der Waals surface area contributed by atoms with Crippen molar-refractivity contribution in [1.82, 2.24) is 9.97 Å². The third-order valence-corrected chi connectivity index (χ3v) is 17.6. The largest absolute Gasteiger partial charge is 0.400 e. The van der Waals surface area contributed by atoms with Crippen molar-refractivity contribution in [1.29, 1.82) is 0 Å². The normalized spacial score (nSPS) is 15.0. The Hall–Kier alpha value is -1.42. The van der Waals surface area contributed by atoms with Crippen molar-refractivity contribution < 1.29 is 72.8 Å². The summed E-state index contributed by atoms with van der Waals surface area (Å²) in [4.78, 5) is 15.9. The fourth-order valence-corrected chi connectivity index (χ4v) is 15.5. The minimum atomic E-state index is -4.94. The Balaban J connectivity index is 0.000000194. The van der Waals surface area contributed by atoms with Crippen LogP contribution in [0.5, 0.6) is 0 Å². The van der Waals surface area contributed by atoms with Gasteiger partial charge in [-0.1, -0.05) is 59.2 Å². The first-order valence-electron chi connectivity index (χ1n) is 15.1. The highest BCUT2D eigenvalue weighted by Crippen LogP contribution is 2.62. The molecule has 0 bridgehead atoms. The molecule has 56 heavy (non-hydrogen) atoms. The molecular formula is C33H30Cl2N4O9S8. The third kappa shape index (κ3) is 12.3. The molecule has 2 aliphatic carbocycles. The fourth-order valence-electron chi connectivity index (χ4n) is 5.27. The van der Waals surface area contributed by atoms with E-state index in [0.29, 0.717) is 0 Å². The number of fused-ring (bicyclic) bond motifs is 6. The summed E-state index contributed by atoms with van der Waals surface area (Å²) in [6.45, 7) is 0. The number of thioether (sulfide) groups is 8. The zero-order chi connectivity index (χ0) is 41.2. The van der Waals surface area contributed by atoms with Crippen LogP contribution in [0.4, 0.5) is 0 Å². The van der Waals surface area contributed by atoms with Crippen molar-refractivity contribution >= 4 is 105 Å². The van der Waals surface area contributed by atoms with E-state index in [2.05, 4.69) is 81.4 Å². The van der Waals surface area contributed by atoms with Gasteiger partial charge in [0.2, 0.25) is 11.4 Å². The van der Waals surface area contributed by atoms with Crippen LogP contribution in [0.1, 0.15) is 22.3 Å². The summed E-state index contributed by atoms with van der Waals surface area (Å²) in [6, 6.07) is 16.9. The molecule has 0 atom stereocenters. The number of aliphatic hydroxyl groups is 1. The van der Waals surface area contributed by atoms with Crippen molar-refractivity contribution in [2.75, 3.05) is 32.1 Å². The molecule has 4 aromatic rings. The van der Waals surface area contributed by atoms with Gasteiger partial charge in [0.05, 0.1) is 36.5 Å². The van der Waals surface area contributed by atoms with E-state index in [9.17, 15) is 0 Å². The molecule has 23 heteroatoms. The molecule has 0 unspecified atom stereocenters. The number of halogens is 2. The summed E-state index contributed by atoms with van der Waals surface area (Å²) in [7, 11) is -8.89. The van der Waals surface area contributed by atoms with Crippen LogP contribution in [0.25, 0.3) is 33.9 Å². The minimum Gasteiger partial charge on any atom is -0.400 e. The number of hydrogen-bond donors (Lipinski definition) is 1. The van der Waals surface area contributed by atoms with Crippen LogP contribution in [0.15, 0.2) is 98.7 Å². The molecule has 298 valence electrons. The summed E-state index contributed by atoms with van der Waals surface area (Å²) in [5.74, 6) is 0. The number of H-pyrrole nitrogens is 2. The van der Waals surface area contributed by atoms with Crippen molar-refractivity contribution in [2.45, 2.75) is 0 Å². The van der Waals surface area contributed by atoms with Gasteiger partial charge < -0.3 is 5.11 Å². The molecule has 0 saturated heterocycles. The number of aromatic nitrogens is 4. The second kappa shape index (κ2) is 21.7. The molecule has 0 saturated carbocycles. The predicted molar refractivity (Wildman–Crippen MR) is 211 cm³/mol. The molecule has 0 amide bonds. The fraction of sp³-hybridized carbons (Fsp3) is 0.152. The topological polar surface area (TPSA) is 259 Å². The van der Waals surface area contributed by atoms with Crippen LogP contribution in [0.3, 0.4) is 0 Å². The number of nitrogens with zero attached hydrogens (tertiary/aromatic N) is 2. The van der Waals surface area contributed by atoms with Crippen LogP contribution in [-0.2, 0) is 0 Å². The number of hydrogen-bond acceptors (Lipinski definition) is 19. The molecule has 2 aliphatic heterocycles. The monoisotopic (exact) mass is 952 g/mol. The quantitative estimate of drug-likeness (QED) is 0.243. The number of aliphatic hydroxyl groups excluding tert-OH is 1. The SMILES string of the molecule is CO.CSC1=C(SC)SC(=C2c3cccnc3-c3[nH+]cccc32)S1.CSC1=C(SC)SC(=C2c3cccnc3-c3[nH+]cccc32)S1.[O-][Cl+3]([O-])([O-])[O-].[O-][Cl+3]([O-])([O-])[O-]. The molecule has 8 rings (SSSR count). The van der Waals surface area contributed by atoms with E-state index in [1.807, 2.05) is 131 Å². The first-order chi connectivity index (χ1) is 26.7. The molecule has 3 N–H and O–H groups in total. The highest BCUT2D eigenvalue weighted by Gasteiger charge is 2.36. The molecule has 4 aliphatic rings. The molecule has 0 radical (unpaired) electrons. The van der Waals surface area contributed by atoms with Gasteiger partial charge in [-0.25, -0.2) is 57.2 Å². The maximum Gasteiger partial charge on any atom is 0.238 e. The maximum atomic E-state index is 8.49. The Bertz CT molecular complexity index is 1870. The Labute approximate surface area is 361 Å². The lowest BCUT2D eigenvalue weighted by Crippen LogP contribution is -2.68. The van der Waals surface area contributed by atoms with Gasteiger partial charge in [0.25, 0.3) is 0 Å². The lowest BCUT2D eigenvalue weighted by atomic mass is 10.1. The van der Waals surface area contributed by atoms with Crippen molar-refractivity contribution in [3.8, 4) is 22.8 Å². The van der Waals surface area contributed by atoms with E-state index in [0.717, 1.165) is 29.9 Å². The number of pyridine rings is 4. The highest BCUT2D eigenvalue weighted by atomic mass is 35.7. The van der Waals surface area contributed by atoms with Crippen molar-refractivity contribution in [3.63, 3.8) is 0 Å². The van der Waals surface area contributed by atoms with E-state index >= 15 is 0 Å². The Morgan fingerprint density at radius 1 is 0.500 bits per heavy atom. The average molecular weight is 954 g/mol. The van der Waals surface area contributed by atoms with E-state index in [1.54, 1.807) is 0 Å². The molecule has 0 spiro atoms. The highest BCUT2D eigenvalue weighted by molar-refractivity contribution is 8.41. The van der Waals surface area contributed by atoms with E-state index < -0.39 is 20.5 Å². The van der Waals surface area contributed by atoms with Crippen LogP contribution < -0.4 is 47.2 Å². The standard InChI is InChI=1S/2C16H12N2S4.CH4O.2ClHO4/c2*1-19-15-16(20-2)22-14(21-15)11-9-5-3-7-17-12(9)13-10(11)6-4-8-18-13;1-2;2*2-1(3,4)5/h2*3-8H,1-2H3;2H,1H3;2*(H,2,3,4,5). The van der Waals surface area contributed by atoms with E-state index in [4.69, 9.17) is 42.4 Å². The Morgan fingerprint density at radius 3 is 1.07 bits per heavy atom. The predicted octanol–water partition coefficient (Wildman–Crippen LogP) is -0.0523. The molecular weight excluding hydrogens is 924 g/mol. The molecule has 6 heterocycles. The zero-order valence-corrected chi connectivity index (χ0v) is 37.6. The maximum absolute atomic E-state index is 8.49. The average Bonchev–Trinajstić information content (AvgIpc) is 3.94. The molecule has 13 nitrogen and oxygen atoms in total. The zero-order valence-electron chi connectivity index (χ0n) is 29.6. The minimum absolute atomic E-state index is 1.00. The van der Waals surface area contributed by atoms with Crippen LogP contribution in [-0.4, -0.2) is 47.2 Å². The lowest BCUT2D eigenvalue weighted by molar-refractivity contribution is -2.00. The van der Waals surface area contributed by atoms with Gasteiger partial charge >= 0.3 is 0 Å². The first kappa shape index (κ1) is 47.3. The Morgan fingerprint density at radius 2 is 0.786 bits per heavy atom. The lowest BCUT2D eigenvalue weighted by Gasteiger charge is -2.17. The van der Waals surface area contributed by atoms with Crippen LogP contribution in [0, 0.1) is 20.5 Å². The second-order valence-corrected chi connectivity index (χ2v) is 20.6. The van der Waals surface area contributed by atoms with Gasteiger partial charge in [-0.2, -0.15) is 0 Å². The van der Waals surface area contributed by atoms with Gasteiger partial charge in [0.15, 0.2) is 12.4 Å².